The van der Waals surface area contributed by atoms with Gasteiger partial charge in [0.2, 0.25) is 5.95 Å². The van der Waals surface area contributed by atoms with E-state index in [1.54, 1.807) is 18.1 Å². The average molecular weight is 406 g/mol. The second-order valence-electron chi connectivity index (χ2n) is 7.55. The molecular formula is C22H23N5OS. The third-order valence-corrected chi connectivity index (χ3v) is 5.64. The maximum atomic E-state index is 12.2. The van der Waals surface area contributed by atoms with Gasteiger partial charge in [-0.25, -0.2) is 9.97 Å². The van der Waals surface area contributed by atoms with Gasteiger partial charge >= 0.3 is 0 Å². The molecule has 3 aromatic rings. The van der Waals surface area contributed by atoms with E-state index >= 15 is 0 Å². The lowest BCUT2D eigenvalue weighted by Crippen LogP contribution is -2.43. The van der Waals surface area contributed by atoms with Crippen LogP contribution in [0.5, 0.6) is 0 Å². The number of nitrogens with zero attached hydrogens (tertiary/aromatic N) is 2. The summed E-state index contributed by atoms with van der Waals surface area (Å²) < 4.78 is 3.07. The van der Waals surface area contributed by atoms with Gasteiger partial charge in [-0.3, -0.25) is 9.52 Å². The lowest BCUT2D eigenvalue weighted by Gasteiger charge is -2.32. The molecule has 0 saturated carbocycles. The number of carbonyl (C=O) groups is 1. The number of nitrogens with one attached hydrogen (secondary N) is 3. The number of hydrogen-bond acceptors (Lipinski definition) is 6. The summed E-state index contributed by atoms with van der Waals surface area (Å²) in [6.45, 7) is 4.90. The van der Waals surface area contributed by atoms with Gasteiger partial charge in [-0.1, -0.05) is 26.0 Å². The van der Waals surface area contributed by atoms with E-state index in [9.17, 15) is 4.79 Å². The van der Waals surface area contributed by atoms with Crippen LogP contribution in [0.15, 0.2) is 59.6 Å². The zero-order valence-corrected chi connectivity index (χ0v) is 17.4. The van der Waals surface area contributed by atoms with Crippen LogP contribution in [0.25, 0.3) is 11.3 Å². The van der Waals surface area contributed by atoms with Gasteiger partial charge in [0.1, 0.15) is 0 Å². The molecule has 6 nitrogen and oxygen atoms in total. The number of hydrogen-bond donors (Lipinski definition) is 3. The average Bonchev–Trinajstić information content (AvgIpc) is 2.72. The van der Waals surface area contributed by atoms with Crippen LogP contribution in [0.3, 0.4) is 0 Å². The molecule has 1 amide bonds. The molecule has 3 N–H and O–H groups in total. The molecular weight excluding hydrogens is 382 g/mol. The van der Waals surface area contributed by atoms with Crippen molar-refractivity contribution < 1.29 is 4.79 Å². The van der Waals surface area contributed by atoms with Crippen LogP contribution in [-0.4, -0.2) is 29.5 Å². The molecule has 1 aromatic heterocycles. The summed E-state index contributed by atoms with van der Waals surface area (Å²) >= 11 is 1.55. The fourth-order valence-electron chi connectivity index (χ4n) is 3.42. The topological polar surface area (TPSA) is 78.9 Å². The highest BCUT2D eigenvalue weighted by Gasteiger charge is 2.31. The smallest absolute Gasteiger partial charge is 0.251 e. The summed E-state index contributed by atoms with van der Waals surface area (Å²) in [7, 11) is 1.89. The Morgan fingerprint density at radius 3 is 2.83 bits per heavy atom. The van der Waals surface area contributed by atoms with Crippen LogP contribution < -0.4 is 15.4 Å². The fourth-order valence-corrected chi connectivity index (χ4v) is 3.99. The van der Waals surface area contributed by atoms with E-state index in [0.717, 1.165) is 33.0 Å². The first-order valence-corrected chi connectivity index (χ1v) is 10.2. The molecule has 7 heteroatoms. The highest BCUT2D eigenvalue weighted by Crippen LogP contribution is 2.33. The Bertz CT molecular complexity index is 1070. The number of aromatic nitrogens is 2. The Morgan fingerprint density at radius 2 is 2.00 bits per heavy atom. The molecule has 4 rings (SSSR count). The van der Waals surface area contributed by atoms with Gasteiger partial charge in [0.15, 0.2) is 0 Å². The first kappa shape index (κ1) is 19.4. The van der Waals surface area contributed by atoms with Crippen molar-refractivity contribution in [3.63, 3.8) is 0 Å². The molecule has 1 aliphatic heterocycles. The first-order chi connectivity index (χ1) is 14.0. The minimum absolute atomic E-state index is 0.0183. The molecule has 1 aliphatic rings. The van der Waals surface area contributed by atoms with E-state index in [1.165, 1.54) is 0 Å². The van der Waals surface area contributed by atoms with Crippen molar-refractivity contribution in [2.75, 3.05) is 18.9 Å². The summed E-state index contributed by atoms with van der Waals surface area (Å²) in [4.78, 5) is 22.3. The van der Waals surface area contributed by atoms with Gasteiger partial charge in [0.05, 0.1) is 5.69 Å². The van der Waals surface area contributed by atoms with Gasteiger partial charge in [0, 0.05) is 39.9 Å². The van der Waals surface area contributed by atoms with Gasteiger partial charge in [-0.15, -0.1) is 0 Å². The quantitative estimate of drug-likeness (QED) is 0.554. The molecule has 0 bridgehead atoms. The number of anilines is 2. The predicted molar refractivity (Wildman–Crippen MR) is 117 cm³/mol. The van der Waals surface area contributed by atoms with Gasteiger partial charge < -0.3 is 10.6 Å². The normalized spacial score (nSPS) is 14.8. The van der Waals surface area contributed by atoms with Crippen LogP contribution in [0.1, 0.15) is 29.8 Å². The van der Waals surface area contributed by atoms with Crippen molar-refractivity contribution >= 4 is 29.5 Å². The molecule has 29 heavy (non-hydrogen) atoms. The third kappa shape index (κ3) is 4.11. The largest absolute Gasteiger partial charge is 0.351 e. The molecule has 0 atom stereocenters. The third-order valence-electron chi connectivity index (χ3n) is 4.95. The van der Waals surface area contributed by atoms with Gasteiger partial charge in [-0.2, -0.15) is 0 Å². The van der Waals surface area contributed by atoms with Crippen molar-refractivity contribution in [3.05, 3.63) is 65.9 Å². The lowest BCUT2D eigenvalue weighted by molar-refractivity contribution is 0.0930. The Kier molecular flexibility index (Phi) is 5.25. The summed E-state index contributed by atoms with van der Waals surface area (Å²) in [5, 5.41) is 6.23. The lowest BCUT2D eigenvalue weighted by atomic mass is 9.78. The second-order valence-corrected chi connectivity index (χ2v) is 8.64. The molecule has 0 unspecified atom stereocenters. The zero-order chi connectivity index (χ0) is 20.4. The molecule has 2 heterocycles. The molecule has 0 radical (unpaired) electrons. The monoisotopic (exact) mass is 405 g/mol. The summed E-state index contributed by atoms with van der Waals surface area (Å²) in [6.07, 6.45) is 1.74. The molecule has 148 valence electrons. The van der Waals surface area contributed by atoms with E-state index in [2.05, 4.69) is 45.2 Å². The van der Waals surface area contributed by atoms with Crippen LogP contribution >= 0.6 is 11.9 Å². The summed E-state index contributed by atoms with van der Waals surface area (Å²) in [6, 6.07) is 15.8. The molecule has 0 aliphatic carbocycles. The number of benzene rings is 2. The number of fused-ring (bicyclic) bond motifs is 1. The first-order valence-electron chi connectivity index (χ1n) is 9.43. The van der Waals surface area contributed by atoms with Crippen molar-refractivity contribution in [1.82, 2.24) is 20.0 Å². The van der Waals surface area contributed by atoms with Gasteiger partial charge in [0.25, 0.3) is 5.91 Å². The summed E-state index contributed by atoms with van der Waals surface area (Å²) in [5.74, 6) is 0.513. The molecule has 0 fully saturated rings. The standard InChI is InChI=1S/C22H23N5OS/c1-22(2)13-25-20(28)17-8-7-14(11-18(17)22)19-9-10-24-21(27-19)26-15-5-4-6-16(12-15)29-23-3/h4-12,23H,13H2,1-3H3,(H,25,28)(H,24,26,27). The number of rotatable bonds is 5. The Hall–Kier alpha value is -2.90. The molecule has 2 aromatic carbocycles. The predicted octanol–water partition coefficient (Wildman–Crippen LogP) is 4.13. The number of carbonyl (C=O) groups excluding carboxylic acids is 1. The van der Waals surface area contributed by atoms with Crippen molar-refractivity contribution in [2.45, 2.75) is 24.2 Å². The van der Waals surface area contributed by atoms with Gasteiger partial charge in [-0.05, 0) is 61.0 Å². The van der Waals surface area contributed by atoms with Crippen LogP contribution in [0.4, 0.5) is 11.6 Å². The minimum atomic E-state index is -0.126. The second kappa shape index (κ2) is 7.85. The Morgan fingerprint density at radius 1 is 1.14 bits per heavy atom. The number of amides is 1. The van der Waals surface area contributed by atoms with E-state index in [0.29, 0.717) is 12.5 Å². The van der Waals surface area contributed by atoms with Crippen molar-refractivity contribution in [3.8, 4) is 11.3 Å². The highest BCUT2D eigenvalue weighted by molar-refractivity contribution is 7.97. The van der Waals surface area contributed by atoms with E-state index in [-0.39, 0.29) is 11.3 Å². The van der Waals surface area contributed by atoms with Crippen LogP contribution in [0.2, 0.25) is 0 Å². The SMILES string of the molecule is CNSc1cccc(Nc2nccc(-c3ccc4c(c3)C(C)(C)CNC4=O)n2)c1. The van der Waals surface area contributed by atoms with Crippen LogP contribution in [0, 0.1) is 0 Å². The van der Waals surface area contributed by atoms with E-state index in [1.807, 2.05) is 49.5 Å². The highest BCUT2D eigenvalue weighted by atomic mass is 32.2. The minimum Gasteiger partial charge on any atom is -0.351 e. The Balaban J connectivity index is 1.64. The fraction of sp³-hybridized carbons (Fsp3) is 0.227. The van der Waals surface area contributed by atoms with Crippen molar-refractivity contribution in [1.29, 1.82) is 0 Å². The molecule has 0 saturated heterocycles. The zero-order valence-electron chi connectivity index (χ0n) is 16.6. The van der Waals surface area contributed by atoms with E-state index < -0.39 is 0 Å². The maximum Gasteiger partial charge on any atom is 0.251 e. The maximum absolute atomic E-state index is 12.2. The Labute approximate surface area is 174 Å². The van der Waals surface area contributed by atoms with E-state index in [4.69, 9.17) is 0 Å². The van der Waals surface area contributed by atoms with Crippen LogP contribution in [-0.2, 0) is 5.41 Å². The van der Waals surface area contributed by atoms with Crippen molar-refractivity contribution in [2.24, 2.45) is 0 Å². The summed E-state index contributed by atoms with van der Waals surface area (Å²) in [5.41, 5.74) is 4.36. The molecule has 0 spiro atoms.